The minimum Gasteiger partial charge on any atom is -0.410 e. The van der Waals surface area contributed by atoms with E-state index in [9.17, 15) is 0 Å². The summed E-state index contributed by atoms with van der Waals surface area (Å²) in [5.74, 6) is 1.24. The van der Waals surface area contributed by atoms with Gasteiger partial charge >= 0.3 is 0 Å². The smallest absolute Gasteiger partial charge is 0.277 e. The molecule has 20 heavy (non-hydrogen) atoms. The van der Waals surface area contributed by atoms with E-state index in [1.807, 2.05) is 31.2 Å². The molecule has 0 amide bonds. The number of thioether (sulfide) groups is 1. The highest BCUT2D eigenvalue weighted by Crippen LogP contribution is 2.41. The van der Waals surface area contributed by atoms with Crippen LogP contribution in [0.2, 0.25) is 5.02 Å². The Bertz CT molecular complexity index is 778. The van der Waals surface area contributed by atoms with Gasteiger partial charge in [-0.05, 0) is 13.0 Å². The summed E-state index contributed by atoms with van der Waals surface area (Å²) in [6.07, 6.45) is 0. The third-order valence-corrected chi connectivity index (χ3v) is 5.29. The number of rotatable bonds is 4. The Hall–Kier alpha value is -1.30. The molecule has 3 rings (SSSR count). The highest BCUT2D eigenvalue weighted by molar-refractivity contribution is 7.99. The molecule has 0 saturated heterocycles. The Morgan fingerprint density at radius 1 is 1.40 bits per heavy atom. The lowest BCUT2D eigenvalue weighted by Crippen LogP contribution is -1.78. The van der Waals surface area contributed by atoms with Crippen LogP contribution in [0.4, 0.5) is 0 Å². The van der Waals surface area contributed by atoms with Gasteiger partial charge < -0.3 is 4.42 Å². The fourth-order valence-corrected chi connectivity index (χ4v) is 3.74. The second-order valence-corrected chi connectivity index (χ2v) is 6.72. The summed E-state index contributed by atoms with van der Waals surface area (Å²) < 4.78 is 6.77. The van der Waals surface area contributed by atoms with Crippen molar-refractivity contribution in [1.29, 1.82) is 0 Å². The second-order valence-electron chi connectivity index (χ2n) is 4.36. The van der Waals surface area contributed by atoms with Crippen molar-refractivity contribution in [2.45, 2.75) is 12.1 Å². The number of aromatic nitrogens is 2. The molecule has 0 aliphatic rings. The Kier molecular flexibility index (Phi) is 3.83. The lowest BCUT2D eigenvalue weighted by molar-refractivity contribution is 0.467. The number of hydrogen-bond acceptors (Lipinski definition) is 5. The van der Waals surface area contributed by atoms with E-state index in [1.54, 1.807) is 11.3 Å². The van der Waals surface area contributed by atoms with Crippen LogP contribution in [0.15, 0.2) is 46.1 Å². The molecule has 0 radical (unpaired) electrons. The first-order chi connectivity index (χ1) is 9.65. The minimum atomic E-state index is 0.473. The summed E-state index contributed by atoms with van der Waals surface area (Å²) in [6, 6.07) is 7.97. The Morgan fingerprint density at radius 3 is 2.95 bits per heavy atom. The van der Waals surface area contributed by atoms with Gasteiger partial charge in [0.05, 0.1) is 5.02 Å². The fourth-order valence-electron chi connectivity index (χ4n) is 1.70. The van der Waals surface area contributed by atoms with Crippen molar-refractivity contribution in [3.63, 3.8) is 0 Å². The molecule has 2 heterocycles. The minimum absolute atomic E-state index is 0.473. The molecule has 3 aromatic rings. The third-order valence-electron chi connectivity index (χ3n) is 2.58. The zero-order valence-electron chi connectivity index (χ0n) is 10.7. The van der Waals surface area contributed by atoms with E-state index >= 15 is 0 Å². The molecule has 102 valence electrons. The van der Waals surface area contributed by atoms with Crippen molar-refractivity contribution in [1.82, 2.24) is 10.2 Å². The van der Waals surface area contributed by atoms with Gasteiger partial charge in [0, 0.05) is 15.8 Å². The maximum atomic E-state index is 6.39. The van der Waals surface area contributed by atoms with Crippen molar-refractivity contribution in [3.05, 3.63) is 41.4 Å². The molecule has 0 fully saturated rings. The van der Waals surface area contributed by atoms with Crippen LogP contribution in [0.25, 0.3) is 20.9 Å². The molecule has 3 nitrogen and oxygen atoms in total. The first-order valence-corrected chi connectivity index (χ1v) is 8.11. The van der Waals surface area contributed by atoms with E-state index in [2.05, 4.69) is 16.8 Å². The number of hydrogen-bond donors (Lipinski definition) is 0. The number of thiophene rings is 1. The molecule has 2 aromatic heterocycles. The normalized spacial score (nSPS) is 11.1. The largest absolute Gasteiger partial charge is 0.410 e. The van der Waals surface area contributed by atoms with Crippen LogP contribution in [0.1, 0.15) is 6.92 Å². The van der Waals surface area contributed by atoms with E-state index in [0.29, 0.717) is 16.1 Å². The van der Waals surface area contributed by atoms with Crippen molar-refractivity contribution in [3.8, 4) is 10.8 Å². The van der Waals surface area contributed by atoms with Crippen molar-refractivity contribution >= 4 is 44.8 Å². The standard InChI is InChI=1S/C14H11ClN2OS2/c1-8(2)7-19-14-17-16-13(18-14)12-11(15)9-5-3-4-6-10(9)20-12/h3-6H,1,7H2,2H3. The van der Waals surface area contributed by atoms with Gasteiger partial charge in [-0.3, -0.25) is 0 Å². The summed E-state index contributed by atoms with van der Waals surface area (Å²) in [5, 5.41) is 10.3. The molecule has 6 heteroatoms. The Labute approximate surface area is 129 Å². The molecule has 0 aliphatic heterocycles. The lowest BCUT2D eigenvalue weighted by atomic mass is 10.2. The van der Waals surface area contributed by atoms with E-state index in [0.717, 1.165) is 26.3 Å². The number of benzene rings is 1. The first kappa shape index (κ1) is 13.7. The van der Waals surface area contributed by atoms with Crippen molar-refractivity contribution in [2.24, 2.45) is 0 Å². The predicted molar refractivity (Wildman–Crippen MR) is 85.7 cm³/mol. The van der Waals surface area contributed by atoms with Gasteiger partial charge in [-0.2, -0.15) is 0 Å². The summed E-state index contributed by atoms with van der Waals surface area (Å²) >= 11 is 9.43. The van der Waals surface area contributed by atoms with Crippen molar-refractivity contribution < 1.29 is 4.42 Å². The maximum Gasteiger partial charge on any atom is 0.277 e. The van der Waals surface area contributed by atoms with Gasteiger partial charge in [-0.25, -0.2) is 0 Å². The maximum absolute atomic E-state index is 6.39. The fraction of sp³-hybridized carbons (Fsp3) is 0.143. The van der Waals surface area contributed by atoms with E-state index in [-0.39, 0.29) is 0 Å². The van der Waals surface area contributed by atoms with Crippen LogP contribution < -0.4 is 0 Å². The van der Waals surface area contributed by atoms with Gasteiger partial charge in [-0.1, -0.05) is 53.7 Å². The highest BCUT2D eigenvalue weighted by atomic mass is 35.5. The van der Waals surface area contributed by atoms with Crippen molar-refractivity contribution in [2.75, 3.05) is 5.75 Å². The highest BCUT2D eigenvalue weighted by Gasteiger charge is 2.17. The van der Waals surface area contributed by atoms with Gasteiger partial charge in [0.1, 0.15) is 4.88 Å². The first-order valence-electron chi connectivity index (χ1n) is 5.93. The molecule has 0 aliphatic carbocycles. The van der Waals surface area contributed by atoms with Crippen LogP contribution >= 0.6 is 34.7 Å². The summed E-state index contributed by atoms with van der Waals surface area (Å²) in [7, 11) is 0. The van der Waals surface area contributed by atoms with E-state index < -0.39 is 0 Å². The van der Waals surface area contributed by atoms with Gasteiger partial charge in [0.15, 0.2) is 0 Å². The zero-order valence-corrected chi connectivity index (χ0v) is 13.1. The SMILES string of the molecule is C=C(C)CSc1nnc(-c2sc3ccccc3c2Cl)o1. The van der Waals surface area contributed by atoms with Crippen LogP contribution in [0, 0.1) is 0 Å². The molecular weight excluding hydrogens is 312 g/mol. The van der Waals surface area contributed by atoms with Crippen LogP contribution in [-0.4, -0.2) is 16.0 Å². The molecule has 0 unspecified atom stereocenters. The monoisotopic (exact) mass is 322 g/mol. The predicted octanol–water partition coefficient (Wildman–Crippen LogP) is 5.27. The third kappa shape index (κ3) is 2.61. The second kappa shape index (κ2) is 5.60. The van der Waals surface area contributed by atoms with Crippen LogP contribution in [0.3, 0.4) is 0 Å². The molecule has 1 aromatic carbocycles. The average molecular weight is 323 g/mol. The Balaban J connectivity index is 1.95. The van der Waals surface area contributed by atoms with Crippen LogP contribution in [0.5, 0.6) is 0 Å². The number of fused-ring (bicyclic) bond motifs is 1. The molecule has 0 saturated carbocycles. The number of halogens is 1. The zero-order chi connectivity index (χ0) is 14.1. The molecule has 0 N–H and O–H groups in total. The van der Waals surface area contributed by atoms with E-state index in [4.69, 9.17) is 16.0 Å². The summed E-state index contributed by atoms with van der Waals surface area (Å²) in [4.78, 5) is 0.822. The lowest BCUT2D eigenvalue weighted by Gasteiger charge is -1.93. The van der Waals surface area contributed by atoms with Gasteiger partial charge in [-0.15, -0.1) is 21.5 Å². The summed E-state index contributed by atoms with van der Waals surface area (Å²) in [6.45, 7) is 5.81. The Morgan fingerprint density at radius 2 is 2.20 bits per heavy atom. The van der Waals surface area contributed by atoms with Crippen LogP contribution in [-0.2, 0) is 0 Å². The topological polar surface area (TPSA) is 38.9 Å². The van der Waals surface area contributed by atoms with Gasteiger partial charge in [0.25, 0.3) is 11.1 Å². The molecule has 0 spiro atoms. The molecule has 0 atom stereocenters. The van der Waals surface area contributed by atoms with E-state index in [1.165, 1.54) is 11.8 Å². The molecule has 0 bridgehead atoms. The quantitative estimate of drug-likeness (QED) is 0.484. The number of nitrogens with zero attached hydrogens (tertiary/aromatic N) is 2. The summed E-state index contributed by atoms with van der Waals surface area (Å²) in [5.41, 5.74) is 1.06. The molecular formula is C14H11ClN2OS2. The van der Waals surface area contributed by atoms with Gasteiger partial charge in [0.2, 0.25) is 0 Å². The average Bonchev–Trinajstić information content (AvgIpc) is 3.02.